The fourth-order valence-corrected chi connectivity index (χ4v) is 4.50. The number of carbonyl (C=O) groups excluding carboxylic acids is 2. The van der Waals surface area contributed by atoms with Crippen LogP contribution in [0.25, 0.3) is 0 Å². The molecule has 1 aliphatic rings. The molecule has 148 valence electrons. The molecule has 4 rings (SSSR count). The highest BCUT2D eigenvalue weighted by atomic mass is 35.5. The molecular formula is C21H19ClN4O2S. The van der Waals surface area contributed by atoms with Gasteiger partial charge in [-0.15, -0.1) is 11.3 Å². The SMILES string of the molecule is O=C(Nc1nc2c(s1)CCCC2C(=O)NCc1cccnc1)c1ccc(Cl)cc1. The van der Waals surface area contributed by atoms with E-state index in [2.05, 4.69) is 20.6 Å². The Hall–Kier alpha value is -2.77. The largest absolute Gasteiger partial charge is 0.351 e. The van der Waals surface area contributed by atoms with E-state index in [9.17, 15) is 9.59 Å². The van der Waals surface area contributed by atoms with Gasteiger partial charge in [0.2, 0.25) is 5.91 Å². The molecule has 6 nitrogen and oxygen atoms in total. The number of halogens is 1. The van der Waals surface area contributed by atoms with Crippen molar-refractivity contribution in [2.45, 2.75) is 31.7 Å². The second kappa shape index (κ2) is 8.71. The van der Waals surface area contributed by atoms with Crippen molar-refractivity contribution in [3.8, 4) is 0 Å². The van der Waals surface area contributed by atoms with E-state index in [0.717, 1.165) is 35.4 Å². The van der Waals surface area contributed by atoms with E-state index in [1.807, 2.05) is 12.1 Å². The summed E-state index contributed by atoms with van der Waals surface area (Å²) < 4.78 is 0. The van der Waals surface area contributed by atoms with Crippen molar-refractivity contribution in [1.82, 2.24) is 15.3 Å². The van der Waals surface area contributed by atoms with Crippen LogP contribution in [0, 0.1) is 0 Å². The summed E-state index contributed by atoms with van der Waals surface area (Å²) in [7, 11) is 0. The number of rotatable bonds is 5. The van der Waals surface area contributed by atoms with Crippen molar-refractivity contribution in [1.29, 1.82) is 0 Å². The normalized spacial score (nSPS) is 15.4. The number of anilines is 1. The number of nitrogens with zero attached hydrogens (tertiary/aromatic N) is 2. The van der Waals surface area contributed by atoms with Crippen LogP contribution in [0.5, 0.6) is 0 Å². The van der Waals surface area contributed by atoms with E-state index in [1.165, 1.54) is 11.3 Å². The van der Waals surface area contributed by atoms with E-state index < -0.39 is 0 Å². The average Bonchev–Trinajstić information content (AvgIpc) is 3.15. The van der Waals surface area contributed by atoms with E-state index >= 15 is 0 Å². The van der Waals surface area contributed by atoms with Gasteiger partial charge in [-0.2, -0.15) is 0 Å². The van der Waals surface area contributed by atoms with E-state index in [-0.39, 0.29) is 17.7 Å². The zero-order valence-electron chi connectivity index (χ0n) is 15.5. The molecule has 0 aliphatic heterocycles. The van der Waals surface area contributed by atoms with Crippen LogP contribution in [0.3, 0.4) is 0 Å². The quantitative estimate of drug-likeness (QED) is 0.641. The van der Waals surface area contributed by atoms with Crippen LogP contribution in [0.1, 0.15) is 45.3 Å². The van der Waals surface area contributed by atoms with Crippen molar-refractivity contribution in [3.05, 3.63) is 75.5 Å². The van der Waals surface area contributed by atoms with Gasteiger partial charge < -0.3 is 5.32 Å². The molecule has 0 radical (unpaired) electrons. The van der Waals surface area contributed by atoms with E-state index in [0.29, 0.717) is 22.3 Å². The van der Waals surface area contributed by atoms with Gasteiger partial charge in [-0.25, -0.2) is 4.98 Å². The summed E-state index contributed by atoms with van der Waals surface area (Å²) in [6, 6.07) is 10.4. The van der Waals surface area contributed by atoms with Crippen LogP contribution in [-0.4, -0.2) is 21.8 Å². The summed E-state index contributed by atoms with van der Waals surface area (Å²) in [5.41, 5.74) is 2.23. The maximum absolute atomic E-state index is 12.8. The van der Waals surface area contributed by atoms with Crippen LogP contribution in [0.2, 0.25) is 5.02 Å². The summed E-state index contributed by atoms with van der Waals surface area (Å²) in [5.74, 6) is -0.589. The summed E-state index contributed by atoms with van der Waals surface area (Å²) in [4.78, 5) is 34.9. The molecule has 29 heavy (non-hydrogen) atoms. The van der Waals surface area contributed by atoms with Crippen LogP contribution in [0.15, 0.2) is 48.8 Å². The summed E-state index contributed by atoms with van der Waals surface area (Å²) >= 11 is 7.31. The molecule has 1 aromatic carbocycles. The predicted molar refractivity (Wildman–Crippen MR) is 113 cm³/mol. The monoisotopic (exact) mass is 426 g/mol. The number of fused-ring (bicyclic) bond motifs is 1. The molecule has 2 aromatic heterocycles. The zero-order valence-corrected chi connectivity index (χ0v) is 17.1. The molecular weight excluding hydrogens is 408 g/mol. The lowest BCUT2D eigenvalue weighted by atomic mass is 9.90. The molecule has 8 heteroatoms. The zero-order chi connectivity index (χ0) is 20.2. The first-order chi connectivity index (χ1) is 14.1. The lowest BCUT2D eigenvalue weighted by molar-refractivity contribution is -0.123. The Morgan fingerprint density at radius 3 is 2.79 bits per heavy atom. The highest BCUT2D eigenvalue weighted by molar-refractivity contribution is 7.16. The third-order valence-corrected chi connectivity index (χ3v) is 6.09. The number of aromatic nitrogens is 2. The highest BCUT2D eigenvalue weighted by Gasteiger charge is 2.30. The lowest BCUT2D eigenvalue weighted by Crippen LogP contribution is -2.31. The van der Waals surface area contributed by atoms with Gasteiger partial charge in [0.25, 0.3) is 5.91 Å². The predicted octanol–water partition coefficient (Wildman–Crippen LogP) is 4.18. The number of hydrogen-bond donors (Lipinski definition) is 2. The summed E-state index contributed by atoms with van der Waals surface area (Å²) in [6.07, 6.45) is 5.98. The minimum Gasteiger partial charge on any atom is -0.351 e. The van der Waals surface area contributed by atoms with Gasteiger partial charge in [0.05, 0.1) is 11.6 Å². The second-order valence-corrected chi connectivity index (χ2v) is 8.33. The third-order valence-electron chi connectivity index (χ3n) is 4.79. The fraction of sp³-hybridized carbons (Fsp3) is 0.238. The fourth-order valence-electron chi connectivity index (χ4n) is 3.31. The maximum Gasteiger partial charge on any atom is 0.257 e. The van der Waals surface area contributed by atoms with Crippen LogP contribution in [-0.2, 0) is 17.8 Å². The number of nitrogens with one attached hydrogen (secondary N) is 2. The van der Waals surface area contributed by atoms with Gasteiger partial charge in [-0.3, -0.25) is 19.9 Å². The summed E-state index contributed by atoms with van der Waals surface area (Å²) in [6.45, 7) is 0.433. The lowest BCUT2D eigenvalue weighted by Gasteiger charge is -2.20. The number of pyridine rings is 1. The van der Waals surface area contributed by atoms with E-state index in [1.54, 1.807) is 36.7 Å². The second-order valence-electron chi connectivity index (χ2n) is 6.81. The Labute approximate surface area is 177 Å². The molecule has 0 fully saturated rings. The summed E-state index contributed by atoms with van der Waals surface area (Å²) in [5, 5.41) is 6.91. The first-order valence-electron chi connectivity index (χ1n) is 9.33. The molecule has 0 saturated carbocycles. The van der Waals surface area contributed by atoms with Crippen molar-refractivity contribution < 1.29 is 9.59 Å². The highest BCUT2D eigenvalue weighted by Crippen LogP contribution is 2.37. The molecule has 2 amide bonds. The maximum atomic E-state index is 12.8. The molecule has 0 saturated heterocycles. The number of benzene rings is 1. The van der Waals surface area contributed by atoms with Gasteiger partial charge in [0, 0.05) is 34.4 Å². The average molecular weight is 427 g/mol. The van der Waals surface area contributed by atoms with Crippen molar-refractivity contribution in [2.75, 3.05) is 5.32 Å². The van der Waals surface area contributed by atoms with E-state index in [4.69, 9.17) is 11.6 Å². The van der Waals surface area contributed by atoms with Crippen molar-refractivity contribution in [2.24, 2.45) is 0 Å². The Kier molecular flexibility index (Phi) is 5.87. The van der Waals surface area contributed by atoms with Gasteiger partial charge in [0.1, 0.15) is 0 Å². The molecule has 0 bridgehead atoms. The number of thiazole rings is 1. The van der Waals surface area contributed by atoms with Gasteiger partial charge in [-0.05, 0) is 55.2 Å². The molecule has 0 spiro atoms. The third kappa shape index (κ3) is 4.63. The molecule has 3 aromatic rings. The van der Waals surface area contributed by atoms with Crippen LogP contribution < -0.4 is 10.6 Å². The smallest absolute Gasteiger partial charge is 0.257 e. The Morgan fingerprint density at radius 2 is 2.03 bits per heavy atom. The molecule has 2 N–H and O–H groups in total. The number of hydrogen-bond acceptors (Lipinski definition) is 5. The topological polar surface area (TPSA) is 84.0 Å². The Bertz CT molecular complexity index is 1020. The van der Waals surface area contributed by atoms with Gasteiger partial charge >= 0.3 is 0 Å². The Morgan fingerprint density at radius 1 is 1.21 bits per heavy atom. The Balaban J connectivity index is 1.45. The molecule has 1 unspecified atom stereocenters. The number of aryl methyl sites for hydroxylation is 1. The minimum absolute atomic E-state index is 0.0457. The van der Waals surface area contributed by atoms with Crippen molar-refractivity contribution >= 4 is 39.9 Å². The standard InChI is InChI=1S/C21H19ClN4O2S/c22-15-8-6-14(7-9-15)19(27)26-21-25-18-16(4-1-5-17(18)29-21)20(28)24-12-13-3-2-10-23-11-13/h2-3,6-11,16H,1,4-5,12H2,(H,24,28)(H,25,26,27). The number of carbonyl (C=O) groups is 2. The first-order valence-corrected chi connectivity index (χ1v) is 10.5. The van der Waals surface area contributed by atoms with Gasteiger partial charge in [0.15, 0.2) is 5.13 Å². The molecule has 1 aliphatic carbocycles. The van der Waals surface area contributed by atoms with Crippen molar-refractivity contribution in [3.63, 3.8) is 0 Å². The minimum atomic E-state index is -0.298. The van der Waals surface area contributed by atoms with Crippen LogP contribution in [0.4, 0.5) is 5.13 Å². The molecule has 1 atom stereocenters. The first kappa shape index (κ1) is 19.5. The van der Waals surface area contributed by atoms with Crippen LogP contribution >= 0.6 is 22.9 Å². The number of amides is 2. The van der Waals surface area contributed by atoms with Gasteiger partial charge in [-0.1, -0.05) is 17.7 Å². The molecule has 2 heterocycles.